The zero-order valence-electron chi connectivity index (χ0n) is 33.2. The molecule has 1 aliphatic rings. The van der Waals surface area contributed by atoms with Crippen LogP contribution in [0.2, 0.25) is 0 Å². The molecule has 20 heteroatoms. The highest BCUT2D eigenvalue weighted by atomic mass is 16.7. The third-order valence-electron chi connectivity index (χ3n) is 9.33. The van der Waals surface area contributed by atoms with Crippen molar-refractivity contribution in [3.63, 3.8) is 0 Å². The number of allylic oxidation sites excluding steroid dienone is 2. The highest BCUT2D eigenvalue weighted by Crippen LogP contribution is 2.40. The van der Waals surface area contributed by atoms with E-state index in [0.717, 1.165) is 11.6 Å². The van der Waals surface area contributed by atoms with Crippen LogP contribution in [0.15, 0.2) is 62.6 Å². The summed E-state index contributed by atoms with van der Waals surface area (Å²) in [4.78, 5) is 51.1. The van der Waals surface area contributed by atoms with Crippen LogP contribution in [0.25, 0.3) is 22.3 Å². The fourth-order valence-electron chi connectivity index (χ4n) is 6.07. The lowest BCUT2D eigenvalue weighted by molar-refractivity contribution is -0.301. The molecule has 60 heavy (non-hydrogen) atoms. The Kier molecular flexibility index (Phi) is 16.4. The number of nitroso groups, excluding NO2 is 1. The maximum Gasteiger partial charge on any atom is 0.312 e. The lowest BCUT2D eigenvalue weighted by atomic mass is 9.99. The second-order valence-corrected chi connectivity index (χ2v) is 14.0. The summed E-state index contributed by atoms with van der Waals surface area (Å²) < 4.78 is 40.0. The third kappa shape index (κ3) is 11.6. The maximum atomic E-state index is 13.9. The number of phenols is 1. The molecule has 1 fully saturated rings. The topological polar surface area (TPSA) is 281 Å². The number of aliphatic hydroxyl groups is 4. The van der Waals surface area contributed by atoms with Crippen LogP contribution >= 0.6 is 0 Å². The number of carbonyl (C=O) groups is 2. The molecule has 3 heterocycles. The molecule has 0 amide bonds. The maximum absolute atomic E-state index is 13.9. The molecular weight excluding hydrogens is 792 g/mol. The Morgan fingerprint density at radius 1 is 1.00 bits per heavy atom. The number of carbonyl (C=O) groups excluding carboxylic acids is 2. The summed E-state index contributed by atoms with van der Waals surface area (Å²) in [5.74, 6) is -2.37. The number of rotatable bonds is 21. The van der Waals surface area contributed by atoms with E-state index in [4.69, 9.17) is 32.8 Å². The number of esters is 2. The fourth-order valence-corrected chi connectivity index (χ4v) is 6.07. The monoisotopic (exact) mass is 840 g/mol. The molecule has 0 aliphatic carbocycles. The minimum Gasteiger partial charge on any atom is -0.507 e. The fraction of sp³-hybridized carbons (Fsp3) is 0.475. The summed E-state index contributed by atoms with van der Waals surface area (Å²) in [6, 6.07) is 7.40. The summed E-state index contributed by atoms with van der Waals surface area (Å²) in [6.45, 7) is 3.91. The van der Waals surface area contributed by atoms with Gasteiger partial charge in [0.15, 0.2) is 12.1 Å². The second kappa shape index (κ2) is 21.6. The molecule has 0 radical (unpaired) electrons. The summed E-state index contributed by atoms with van der Waals surface area (Å²) in [5.41, 5.74) is 0.918. The largest absolute Gasteiger partial charge is 0.507 e. The lowest BCUT2D eigenvalue weighted by Gasteiger charge is -2.39. The van der Waals surface area contributed by atoms with Gasteiger partial charge in [-0.3, -0.25) is 14.4 Å². The Hall–Kier alpha value is -5.61. The smallest absolute Gasteiger partial charge is 0.312 e. The average Bonchev–Trinajstić information content (AvgIpc) is 3.70. The number of unbranched alkanes of at least 4 members (excludes halogenated alkanes) is 1. The minimum absolute atomic E-state index is 0.0199. The van der Waals surface area contributed by atoms with Crippen LogP contribution in [0.4, 0.5) is 5.69 Å². The summed E-state index contributed by atoms with van der Waals surface area (Å²) in [5, 5.41) is 60.6. The van der Waals surface area contributed by atoms with Crippen LogP contribution in [0, 0.1) is 4.91 Å². The van der Waals surface area contributed by atoms with Crippen molar-refractivity contribution in [1.29, 1.82) is 0 Å². The quantitative estimate of drug-likeness (QED) is 0.0349. The Morgan fingerprint density at radius 2 is 1.73 bits per heavy atom. The van der Waals surface area contributed by atoms with Crippen molar-refractivity contribution >= 4 is 28.6 Å². The van der Waals surface area contributed by atoms with Crippen LogP contribution in [0.5, 0.6) is 17.2 Å². The molecule has 5 N–H and O–H groups in total. The number of phenolic OH excluding ortho intramolecular Hbond substituents is 1. The highest BCUT2D eigenvalue weighted by Gasteiger charge is 2.44. The Bertz CT molecular complexity index is 2180. The van der Waals surface area contributed by atoms with Gasteiger partial charge in [0.1, 0.15) is 58.3 Å². The first-order valence-electron chi connectivity index (χ1n) is 19.1. The van der Waals surface area contributed by atoms with Crippen molar-refractivity contribution in [3.05, 3.63) is 74.6 Å². The van der Waals surface area contributed by atoms with Gasteiger partial charge in [-0.15, -0.1) is 10.0 Å². The number of hydrogen-bond acceptors (Lipinski definition) is 19. The number of benzene rings is 2. The summed E-state index contributed by atoms with van der Waals surface area (Å²) in [6.07, 6.45) is -3.06. The minimum atomic E-state index is -1.54. The van der Waals surface area contributed by atoms with Gasteiger partial charge in [-0.05, 0) is 62.6 Å². The van der Waals surface area contributed by atoms with E-state index in [2.05, 4.69) is 15.5 Å². The van der Waals surface area contributed by atoms with Gasteiger partial charge in [0.25, 0.3) is 0 Å². The number of aromatic hydroxyl groups is 1. The van der Waals surface area contributed by atoms with Gasteiger partial charge in [0.2, 0.25) is 11.2 Å². The van der Waals surface area contributed by atoms with Crippen molar-refractivity contribution in [2.24, 2.45) is 5.18 Å². The van der Waals surface area contributed by atoms with E-state index in [-0.39, 0.29) is 67.2 Å². The molecular formula is C40H48N4O16. The van der Waals surface area contributed by atoms with Crippen LogP contribution in [-0.4, -0.2) is 117 Å². The zero-order chi connectivity index (χ0) is 43.3. The van der Waals surface area contributed by atoms with Gasteiger partial charge < -0.3 is 58.4 Å². The molecule has 2 aromatic heterocycles. The van der Waals surface area contributed by atoms with E-state index < -0.39 is 72.6 Å². The number of hydrogen-bond donors (Lipinski definition) is 5. The molecule has 1 aliphatic heterocycles. The van der Waals surface area contributed by atoms with Gasteiger partial charge in [-0.1, -0.05) is 16.9 Å². The molecule has 0 spiro atoms. The van der Waals surface area contributed by atoms with E-state index in [1.54, 1.807) is 36.5 Å². The van der Waals surface area contributed by atoms with Crippen molar-refractivity contribution in [2.45, 2.75) is 89.8 Å². The number of fused-ring (bicyclic) bond motifs is 1. The number of methoxy groups -OCH3 is 1. The molecule has 5 atom stereocenters. The van der Waals surface area contributed by atoms with Gasteiger partial charge >= 0.3 is 11.9 Å². The van der Waals surface area contributed by atoms with Crippen molar-refractivity contribution in [2.75, 3.05) is 33.5 Å². The SMILES string of the molecule is COc1ccc(-c2oc3c(CC=C(C)C)c(N=O)cc(O)c3c(=O)c2OC(=O)CCC(=O)OCCCCOCc2cn(CCO[C@H]3O[C@@H](CO)[C@H](O)[C@@H](O)[C@@H]3O)nn2)cc1. The average molecular weight is 841 g/mol. The second-order valence-electron chi connectivity index (χ2n) is 14.0. The Labute approximate surface area is 342 Å². The van der Waals surface area contributed by atoms with Gasteiger partial charge in [0.05, 0.1) is 59.1 Å². The summed E-state index contributed by atoms with van der Waals surface area (Å²) in [7, 11) is 1.48. The van der Waals surface area contributed by atoms with Crippen molar-refractivity contribution < 1.29 is 68.0 Å². The van der Waals surface area contributed by atoms with Crippen molar-refractivity contribution in [1.82, 2.24) is 15.0 Å². The van der Waals surface area contributed by atoms with E-state index in [1.807, 2.05) is 13.8 Å². The Balaban J connectivity index is 1.08. The van der Waals surface area contributed by atoms with E-state index >= 15 is 0 Å². The molecule has 0 bridgehead atoms. The predicted octanol–water partition coefficient (Wildman–Crippen LogP) is 2.71. The van der Waals surface area contributed by atoms with E-state index in [0.29, 0.717) is 36.5 Å². The van der Waals surface area contributed by atoms with E-state index in [9.17, 15) is 44.8 Å². The standard InChI is InChI=1S/C40H48N4O16/c1-22(2)6-11-26-27(42-53)18-28(46)32-34(50)39(37(60-38(26)32)23-7-9-25(54-3)10-8-23)59-31(48)13-12-30(47)56-16-5-4-15-55-21-24-19-44(43-41-24)14-17-57-40-36(52)35(51)33(49)29(20-45)58-40/h6-10,18-19,29,33,35-36,40,45-46,49,51-52H,4-5,11-17,20-21H2,1-3H3/t29-,33-,35+,36-,40-/m0/s1. The van der Waals surface area contributed by atoms with E-state index in [1.165, 1.54) is 11.8 Å². The van der Waals surface area contributed by atoms with Gasteiger partial charge in [-0.25, -0.2) is 4.68 Å². The predicted molar refractivity (Wildman–Crippen MR) is 209 cm³/mol. The Morgan fingerprint density at radius 3 is 2.43 bits per heavy atom. The first-order chi connectivity index (χ1) is 28.8. The molecule has 5 rings (SSSR count). The van der Waals surface area contributed by atoms with Crippen LogP contribution < -0.4 is 14.9 Å². The van der Waals surface area contributed by atoms with Crippen LogP contribution in [0.1, 0.15) is 50.8 Å². The summed E-state index contributed by atoms with van der Waals surface area (Å²) >= 11 is 0. The number of aliphatic hydroxyl groups excluding tert-OH is 4. The highest BCUT2D eigenvalue weighted by molar-refractivity contribution is 5.93. The van der Waals surface area contributed by atoms with Crippen LogP contribution in [0.3, 0.4) is 0 Å². The third-order valence-corrected chi connectivity index (χ3v) is 9.33. The first-order valence-corrected chi connectivity index (χ1v) is 19.1. The molecule has 0 unspecified atom stereocenters. The molecule has 20 nitrogen and oxygen atoms in total. The van der Waals surface area contributed by atoms with Crippen molar-refractivity contribution in [3.8, 4) is 28.6 Å². The molecule has 2 aromatic carbocycles. The molecule has 1 saturated heterocycles. The zero-order valence-corrected chi connectivity index (χ0v) is 33.2. The molecule has 4 aromatic rings. The van der Waals surface area contributed by atoms with Gasteiger partial charge in [-0.2, -0.15) is 0 Å². The number of ether oxygens (including phenoxy) is 6. The lowest BCUT2D eigenvalue weighted by Crippen LogP contribution is -2.59. The normalized spacial score (nSPS) is 18.9. The van der Waals surface area contributed by atoms with Crippen LogP contribution in [-0.2, 0) is 48.1 Å². The number of nitrogens with zero attached hydrogens (tertiary/aromatic N) is 4. The molecule has 324 valence electrons. The van der Waals surface area contributed by atoms with Gasteiger partial charge in [0, 0.05) is 23.8 Å². The molecule has 0 saturated carbocycles. The number of aromatic nitrogens is 3. The first kappa shape index (κ1) is 45.5.